The summed E-state index contributed by atoms with van der Waals surface area (Å²) in [4.78, 5) is 8.16. The Hall–Kier alpha value is -2.22. The standard InChI is InChI=1S/2C8H9N/c2*1-3-8-5-4-7(2)9-6-8/h2*3-6H,1H2,2H3. The quantitative estimate of drug-likeness (QED) is 0.788. The molecule has 0 aliphatic heterocycles. The monoisotopic (exact) mass is 238 g/mol. The van der Waals surface area contributed by atoms with E-state index in [4.69, 9.17) is 0 Å². The van der Waals surface area contributed by atoms with Crippen molar-refractivity contribution < 1.29 is 0 Å². The van der Waals surface area contributed by atoms with Crippen molar-refractivity contribution >= 4 is 12.2 Å². The Labute approximate surface area is 109 Å². The molecule has 2 aromatic rings. The molecule has 0 aromatic carbocycles. The van der Waals surface area contributed by atoms with Gasteiger partial charge in [-0.2, -0.15) is 0 Å². The van der Waals surface area contributed by atoms with Gasteiger partial charge in [0.05, 0.1) is 0 Å². The zero-order valence-electron chi connectivity index (χ0n) is 10.9. The summed E-state index contributed by atoms with van der Waals surface area (Å²) in [5.74, 6) is 0. The van der Waals surface area contributed by atoms with E-state index in [0.29, 0.717) is 0 Å². The maximum atomic E-state index is 4.08. The predicted octanol–water partition coefficient (Wildman–Crippen LogP) is 4.07. The first-order valence-electron chi connectivity index (χ1n) is 5.76. The van der Waals surface area contributed by atoms with Crippen molar-refractivity contribution in [1.29, 1.82) is 0 Å². The van der Waals surface area contributed by atoms with Crippen LogP contribution in [-0.2, 0) is 0 Å². The second-order valence-corrected chi connectivity index (χ2v) is 3.87. The highest BCUT2D eigenvalue weighted by atomic mass is 14.7. The second kappa shape index (κ2) is 7.17. The third kappa shape index (κ3) is 4.74. The molecule has 0 radical (unpaired) electrons. The first-order chi connectivity index (χ1) is 8.65. The van der Waals surface area contributed by atoms with Gasteiger partial charge >= 0.3 is 0 Å². The van der Waals surface area contributed by atoms with E-state index in [9.17, 15) is 0 Å². The molecule has 0 amide bonds. The minimum Gasteiger partial charge on any atom is -0.261 e. The van der Waals surface area contributed by atoms with Crippen molar-refractivity contribution in [3.8, 4) is 0 Å². The molecule has 2 aromatic heterocycles. The van der Waals surface area contributed by atoms with Crippen molar-refractivity contribution in [2.75, 3.05) is 0 Å². The molecule has 2 heterocycles. The first-order valence-corrected chi connectivity index (χ1v) is 5.76. The van der Waals surface area contributed by atoms with E-state index in [1.165, 1.54) is 0 Å². The Morgan fingerprint density at radius 3 is 1.39 bits per heavy atom. The van der Waals surface area contributed by atoms with Crippen LogP contribution >= 0.6 is 0 Å². The van der Waals surface area contributed by atoms with Crippen LogP contribution in [0.1, 0.15) is 22.5 Å². The zero-order chi connectivity index (χ0) is 13.4. The van der Waals surface area contributed by atoms with Gasteiger partial charge in [0.2, 0.25) is 0 Å². The van der Waals surface area contributed by atoms with Gasteiger partial charge in [-0.1, -0.05) is 37.4 Å². The van der Waals surface area contributed by atoms with E-state index in [0.717, 1.165) is 22.5 Å². The Morgan fingerprint density at radius 1 is 0.778 bits per heavy atom. The number of hydrogen-bond acceptors (Lipinski definition) is 2. The summed E-state index contributed by atoms with van der Waals surface area (Å²) in [5.41, 5.74) is 4.22. The van der Waals surface area contributed by atoms with E-state index in [-0.39, 0.29) is 0 Å². The van der Waals surface area contributed by atoms with Crippen molar-refractivity contribution in [3.05, 3.63) is 72.3 Å². The smallest absolute Gasteiger partial charge is 0.0373 e. The van der Waals surface area contributed by atoms with Gasteiger partial charge in [0.1, 0.15) is 0 Å². The fourth-order valence-corrected chi connectivity index (χ4v) is 1.20. The topological polar surface area (TPSA) is 25.8 Å². The second-order valence-electron chi connectivity index (χ2n) is 3.87. The fourth-order valence-electron chi connectivity index (χ4n) is 1.20. The van der Waals surface area contributed by atoms with Gasteiger partial charge in [0.15, 0.2) is 0 Å². The molecular formula is C16H18N2. The van der Waals surface area contributed by atoms with Crippen LogP contribution in [0.25, 0.3) is 12.2 Å². The largest absolute Gasteiger partial charge is 0.261 e. The number of rotatable bonds is 2. The van der Waals surface area contributed by atoms with Gasteiger partial charge in [0.25, 0.3) is 0 Å². The molecule has 2 nitrogen and oxygen atoms in total. The van der Waals surface area contributed by atoms with Crippen molar-refractivity contribution in [3.63, 3.8) is 0 Å². The Balaban J connectivity index is 0.000000180. The predicted molar refractivity (Wildman–Crippen MR) is 78.1 cm³/mol. The number of hydrogen-bond donors (Lipinski definition) is 0. The molecule has 0 atom stereocenters. The SMILES string of the molecule is C=Cc1ccc(C)nc1.C=Cc1ccc(C)nc1. The van der Waals surface area contributed by atoms with Gasteiger partial charge in [-0.25, -0.2) is 0 Å². The summed E-state index contributed by atoms with van der Waals surface area (Å²) in [7, 11) is 0. The van der Waals surface area contributed by atoms with Crippen LogP contribution < -0.4 is 0 Å². The highest BCUT2D eigenvalue weighted by molar-refractivity contribution is 5.45. The van der Waals surface area contributed by atoms with Crippen LogP contribution in [0.4, 0.5) is 0 Å². The average Bonchev–Trinajstić information content (AvgIpc) is 2.41. The van der Waals surface area contributed by atoms with E-state index in [1.54, 1.807) is 12.2 Å². The molecule has 18 heavy (non-hydrogen) atoms. The van der Waals surface area contributed by atoms with Crippen molar-refractivity contribution in [2.24, 2.45) is 0 Å². The van der Waals surface area contributed by atoms with Crippen LogP contribution in [0, 0.1) is 13.8 Å². The maximum absolute atomic E-state index is 4.08. The van der Waals surface area contributed by atoms with E-state index in [2.05, 4.69) is 23.1 Å². The number of nitrogens with zero attached hydrogens (tertiary/aromatic N) is 2. The molecule has 0 saturated carbocycles. The highest BCUT2D eigenvalue weighted by Crippen LogP contribution is 1.99. The third-order valence-electron chi connectivity index (χ3n) is 2.34. The van der Waals surface area contributed by atoms with Crippen molar-refractivity contribution in [1.82, 2.24) is 9.97 Å². The number of aryl methyl sites for hydroxylation is 2. The van der Waals surface area contributed by atoms with E-state index >= 15 is 0 Å². The first kappa shape index (κ1) is 13.8. The fraction of sp³-hybridized carbons (Fsp3) is 0.125. The normalized spacial score (nSPS) is 9.00. The molecule has 0 bridgehead atoms. The third-order valence-corrected chi connectivity index (χ3v) is 2.34. The van der Waals surface area contributed by atoms with Gasteiger partial charge in [-0.3, -0.25) is 9.97 Å². The molecule has 0 unspecified atom stereocenters. The Morgan fingerprint density at radius 2 is 1.17 bits per heavy atom. The minimum atomic E-state index is 1.04. The van der Waals surface area contributed by atoms with Crippen LogP contribution in [-0.4, -0.2) is 9.97 Å². The molecule has 2 rings (SSSR count). The van der Waals surface area contributed by atoms with Crippen LogP contribution in [0.5, 0.6) is 0 Å². The van der Waals surface area contributed by atoms with Gasteiger partial charge < -0.3 is 0 Å². The van der Waals surface area contributed by atoms with Crippen LogP contribution in [0.15, 0.2) is 49.8 Å². The van der Waals surface area contributed by atoms with Gasteiger partial charge in [0, 0.05) is 23.8 Å². The Bertz CT molecular complexity index is 446. The molecule has 0 aliphatic rings. The van der Waals surface area contributed by atoms with Gasteiger partial charge in [-0.05, 0) is 37.1 Å². The summed E-state index contributed by atoms with van der Waals surface area (Å²) < 4.78 is 0. The summed E-state index contributed by atoms with van der Waals surface area (Å²) >= 11 is 0. The molecule has 0 N–H and O–H groups in total. The molecule has 0 fully saturated rings. The van der Waals surface area contributed by atoms with Crippen molar-refractivity contribution in [2.45, 2.75) is 13.8 Å². The lowest BCUT2D eigenvalue weighted by Crippen LogP contribution is -1.78. The molecular weight excluding hydrogens is 220 g/mol. The van der Waals surface area contributed by atoms with Crippen LogP contribution in [0.2, 0.25) is 0 Å². The number of pyridine rings is 2. The summed E-state index contributed by atoms with van der Waals surface area (Å²) in [5, 5.41) is 0. The zero-order valence-corrected chi connectivity index (χ0v) is 10.9. The van der Waals surface area contributed by atoms with Gasteiger partial charge in [-0.15, -0.1) is 0 Å². The molecule has 92 valence electrons. The molecule has 0 spiro atoms. The number of aromatic nitrogens is 2. The molecule has 0 saturated heterocycles. The summed E-state index contributed by atoms with van der Waals surface area (Å²) in [6.45, 7) is 11.2. The highest BCUT2D eigenvalue weighted by Gasteiger charge is 1.84. The summed E-state index contributed by atoms with van der Waals surface area (Å²) in [6, 6.07) is 7.93. The average molecular weight is 238 g/mol. The minimum absolute atomic E-state index is 1.04. The Kier molecular flexibility index (Phi) is 5.52. The molecule has 2 heteroatoms. The van der Waals surface area contributed by atoms with E-state index in [1.807, 2.05) is 50.5 Å². The lowest BCUT2D eigenvalue weighted by atomic mass is 10.2. The summed E-state index contributed by atoms with van der Waals surface area (Å²) in [6.07, 6.45) is 7.18. The van der Waals surface area contributed by atoms with E-state index < -0.39 is 0 Å². The maximum Gasteiger partial charge on any atom is 0.0373 e. The van der Waals surface area contributed by atoms with Crippen LogP contribution in [0.3, 0.4) is 0 Å². The lowest BCUT2D eigenvalue weighted by molar-refractivity contribution is 1.19. The molecule has 0 aliphatic carbocycles. The lowest BCUT2D eigenvalue weighted by Gasteiger charge is -1.90.